The van der Waals surface area contributed by atoms with Crippen LogP contribution < -0.4 is 5.73 Å². The fourth-order valence-corrected chi connectivity index (χ4v) is 2.34. The first-order valence-corrected chi connectivity index (χ1v) is 6.68. The van der Waals surface area contributed by atoms with Gasteiger partial charge in [0.25, 0.3) is 0 Å². The highest BCUT2D eigenvalue weighted by atomic mass is 35.5. The molecule has 3 nitrogen and oxygen atoms in total. The van der Waals surface area contributed by atoms with Crippen LogP contribution in [0, 0.1) is 6.92 Å². The molecule has 98 valence electrons. The third-order valence-corrected chi connectivity index (χ3v) is 3.41. The van der Waals surface area contributed by atoms with Crippen molar-refractivity contribution < 1.29 is 0 Å². The van der Waals surface area contributed by atoms with Gasteiger partial charge in [0.05, 0.1) is 6.67 Å². The summed E-state index contributed by atoms with van der Waals surface area (Å²) in [5.74, 6) is 0. The molecular formula is C14H20ClN3. The average molecular weight is 266 g/mol. The Morgan fingerprint density at radius 1 is 1.28 bits per heavy atom. The maximum absolute atomic E-state index is 5.97. The summed E-state index contributed by atoms with van der Waals surface area (Å²) in [6.45, 7) is 5.76. The van der Waals surface area contributed by atoms with Crippen LogP contribution in [0.1, 0.15) is 17.5 Å². The van der Waals surface area contributed by atoms with Gasteiger partial charge in [-0.15, -0.1) is 0 Å². The van der Waals surface area contributed by atoms with Crippen molar-refractivity contribution in [1.82, 2.24) is 9.80 Å². The molecule has 0 bridgehead atoms. The summed E-state index contributed by atoms with van der Waals surface area (Å²) in [5.41, 5.74) is 8.09. The van der Waals surface area contributed by atoms with Gasteiger partial charge in [0.15, 0.2) is 0 Å². The molecule has 0 radical (unpaired) electrons. The average Bonchev–Trinajstić information content (AvgIpc) is 2.78. The zero-order chi connectivity index (χ0) is 13.0. The second-order valence-corrected chi connectivity index (χ2v) is 5.15. The van der Waals surface area contributed by atoms with Gasteiger partial charge in [0.2, 0.25) is 0 Å². The molecule has 0 atom stereocenters. The lowest BCUT2D eigenvalue weighted by Crippen LogP contribution is -2.26. The van der Waals surface area contributed by atoms with E-state index in [1.165, 1.54) is 11.1 Å². The zero-order valence-corrected chi connectivity index (χ0v) is 11.5. The van der Waals surface area contributed by atoms with E-state index < -0.39 is 0 Å². The zero-order valence-electron chi connectivity index (χ0n) is 10.8. The van der Waals surface area contributed by atoms with Crippen molar-refractivity contribution in [1.29, 1.82) is 0 Å². The molecule has 0 spiro atoms. The van der Waals surface area contributed by atoms with Gasteiger partial charge in [-0.05, 0) is 43.1 Å². The molecule has 0 saturated carbocycles. The van der Waals surface area contributed by atoms with Crippen LogP contribution in [0.15, 0.2) is 30.6 Å². The first-order valence-electron chi connectivity index (χ1n) is 6.30. The van der Waals surface area contributed by atoms with Gasteiger partial charge in [-0.1, -0.05) is 17.7 Å². The molecule has 2 N–H and O–H groups in total. The van der Waals surface area contributed by atoms with Crippen molar-refractivity contribution in [2.45, 2.75) is 19.9 Å². The Balaban J connectivity index is 1.90. The first-order chi connectivity index (χ1) is 8.69. The highest BCUT2D eigenvalue weighted by Gasteiger charge is 2.12. The van der Waals surface area contributed by atoms with Gasteiger partial charge in [-0.3, -0.25) is 0 Å². The molecule has 1 aliphatic rings. The van der Waals surface area contributed by atoms with Crippen LogP contribution in [0.5, 0.6) is 0 Å². The maximum atomic E-state index is 5.97. The van der Waals surface area contributed by atoms with Crippen molar-refractivity contribution >= 4 is 11.6 Å². The monoisotopic (exact) mass is 265 g/mol. The number of benzene rings is 1. The molecule has 2 rings (SSSR count). The van der Waals surface area contributed by atoms with Crippen LogP contribution in [0.3, 0.4) is 0 Å². The summed E-state index contributed by atoms with van der Waals surface area (Å²) in [6.07, 6.45) is 5.32. The Hall–Kier alpha value is -1.19. The predicted octanol–water partition coefficient (Wildman–Crippen LogP) is 2.54. The van der Waals surface area contributed by atoms with E-state index in [9.17, 15) is 0 Å². The molecular weight excluding hydrogens is 246 g/mol. The Labute approximate surface area is 114 Å². The minimum Gasteiger partial charge on any atom is -0.359 e. The number of aryl methyl sites for hydroxylation is 1. The van der Waals surface area contributed by atoms with Crippen molar-refractivity contribution in [3.8, 4) is 0 Å². The second-order valence-electron chi connectivity index (χ2n) is 4.71. The lowest BCUT2D eigenvalue weighted by atomic mass is 10.1. The van der Waals surface area contributed by atoms with Gasteiger partial charge in [-0.2, -0.15) is 0 Å². The van der Waals surface area contributed by atoms with Crippen LogP contribution in [0.4, 0.5) is 0 Å². The van der Waals surface area contributed by atoms with E-state index in [1.807, 2.05) is 12.1 Å². The minimum atomic E-state index is 0.751. The van der Waals surface area contributed by atoms with Gasteiger partial charge in [0.1, 0.15) is 0 Å². The minimum absolute atomic E-state index is 0.751. The van der Waals surface area contributed by atoms with E-state index in [4.69, 9.17) is 17.3 Å². The molecule has 0 unspecified atom stereocenters. The van der Waals surface area contributed by atoms with Crippen LogP contribution in [0.2, 0.25) is 5.02 Å². The predicted molar refractivity (Wildman–Crippen MR) is 76.1 cm³/mol. The van der Waals surface area contributed by atoms with E-state index in [0.717, 1.165) is 37.7 Å². The van der Waals surface area contributed by atoms with Crippen molar-refractivity contribution in [3.05, 3.63) is 46.7 Å². The molecule has 1 aromatic rings. The van der Waals surface area contributed by atoms with Crippen LogP contribution in [-0.4, -0.2) is 29.6 Å². The fraction of sp³-hybridized carbons (Fsp3) is 0.429. The Morgan fingerprint density at radius 3 is 2.78 bits per heavy atom. The maximum Gasteiger partial charge on any atom is 0.0897 e. The number of halogens is 1. The van der Waals surface area contributed by atoms with E-state index in [2.05, 4.69) is 35.2 Å². The molecule has 0 aromatic heterocycles. The number of hydrogen-bond acceptors (Lipinski definition) is 3. The van der Waals surface area contributed by atoms with Crippen LogP contribution in [-0.2, 0) is 6.54 Å². The Morgan fingerprint density at radius 2 is 2.06 bits per heavy atom. The summed E-state index contributed by atoms with van der Waals surface area (Å²) in [7, 11) is 0. The topological polar surface area (TPSA) is 32.5 Å². The molecule has 0 amide bonds. The third-order valence-electron chi connectivity index (χ3n) is 3.18. The summed E-state index contributed by atoms with van der Waals surface area (Å²) in [5, 5.41) is 0.804. The normalized spacial score (nSPS) is 14.6. The van der Waals surface area contributed by atoms with Crippen LogP contribution in [0.25, 0.3) is 0 Å². The number of nitrogens with two attached hydrogens (primary N) is 1. The fourth-order valence-electron chi connectivity index (χ4n) is 2.11. The largest absolute Gasteiger partial charge is 0.359 e. The number of nitrogens with zero attached hydrogens (tertiary/aromatic N) is 2. The lowest BCUT2D eigenvalue weighted by molar-refractivity contribution is 0.258. The smallest absolute Gasteiger partial charge is 0.0897 e. The van der Waals surface area contributed by atoms with Crippen molar-refractivity contribution in [2.75, 3.05) is 19.8 Å². The highest BCUT2D eigenvalue weighted by molar-refractivity contribution is 6.30. The molecule has 1 aromatic carbocycles. The molecule has 0 fully saturated rings. The first kappa shape index (κ1) is 13.2. The van der Waals surface area contributed by atoms with Crippen molar-refractivity contribution in [2.24, 2.45) is 5.73 Å². The van der Waals surface area contributed by atoms with E-state index in [-0.39, 0.29) is 0 Å². The van der Waals surface area contributed by atoms with Crippen molar-refractivity contribution in [3.63, 3.8) is 0 Å². The molecule has 0 aliphatic carbocycles. The molecule has 18 heavy (non-hydrogen) atoms. The molecule has 1 heterocycles. The third kappa shape index (κ3) is 3.40. The lowest BCUT2D eigenvalue weighted by Gasteiger charge is -2.21. The van der Waals surface area contributed by atoms with E-state index in [0.29, 0.717) is 0 Å². The summed E-state index contributed by atoms with van der Waals surface area (Å²) in [6, 6.07) is 6.08. The summed E-state index contributed by atoms with van der Waals surface area (Å²) >= 11 is 5.97. The summed E-state index contributed by atoms with van der Waals surface area (Å²) in [4.78, 5) is 4.59. The highest BCUT2D eigenvalue weighted by Crippen LogP contribution is 2.18. The Bertz CT molecular complexity index is 431. The number of rotatable bonds is 5. The van der Waals surface area contributed by atoms with Gasteiger partial charge in [0, 0.05) is 30.5 Å². The quantitative estimate of drug-likeness (QED) is 0.888. The van der Waals surface area contributed by atoms with Gasteiger partial charge < -0.3 is 15.5 Å². The summed E-state index contributed by atoms with van der Waals surface area (Å²) < 4.78 is 0. The Kier molecular flexibility index (Phi) is 4.50. The number of hydrogen-bond donors (Lipinski definition) is 1. The SMILES string of the molecule is Cc1cc(Cl)ccc1CN1C=CN(CCCN)C1. The van der Waals surface area contributed by atoms with Gasteiger partial charge in [-0.25, -0.2) is 0 Å². The van der Waals surface area contributed by atoms with Crippen LogP contribution >= 0.6 is 11.6 Å². The molecule has 0 saturated heterocycles. The standard InChI is InChI=1S/C14H20ClN3/c1-12-9-14(15)4-3-13(12)10-18-8-7-17(11-18)6-2-5-16/h3-4,7-9H,2,5-6,10-11,16H2,1H3. The molecule has 1 aliphatic heterocycles. The second kappa shape index (κ2) is 6.12. The van der Waals surface area contributed by atoms with E-state index in [1.54, 1.807) is 0 Å². The molecule has 4 heteroatoms. The van der Waals surface area contributed by atoms with Gasteiger partial charge >= 0.3 is 0 Å². The van der Waals surface area contributed by atoms with E-state index >= 15 is 0 Å².